The number of carbonyl (C=O) groups is 3. The lowest BCUT2D eigenvalue weighted by Gasteiger charge is -2.15. The van der Waals surface area contributed by atoms with Gasteiger partial charge in [0.15, 0.2) is 6.10 Å². The van der Waals surface area contributed by atoms with Crippen molar-refractivity contribution in [1.29, 1.82) is 0 Å². The summed E-state index contributed by atoms with van der Waals surface area (Å²) in [6, 6.07) is 13.3. The minimum absolute atomic E-state index is 0.247. The van der Waals surface area contributed by atoms with Crippen molar-refractivity contribution in [2.75, 3.05) is 17.2 Å². The van der Waals surface area contributed by atoms with Crippen LogP contribution in [0.15, 0.2) is 48.5 Å². The number of esters is 1. The minimum atomic E-state index is -0.792. The molecule has 178 valence electrons. The zero-order chi connectivity index (χ0) is 24.8. The van der Waals surface area contributed by atoms with Gasteiger partial charge in [0.05, 0.1) is 22.9 Å². The second-order valence-corrected chi connectivity index (χ2v) is 9.05. The van der Waals surface area contributed by atoms with E-state index in [0.717, 1.165) is 10.4 Å². The Labute approximate surface area is 207 Å². The molecular formula is C25H25ClN2O5S. The maximum absolute atomic E-state index is 12.8. The molecule has 1 heterocycles. The van der Waals surface area contributed by atoms with Crippen LogP contribution in [0, 0.1) is 13.8 Å². The molecular weight excluding hydrogens is 476 g/mol. The quantitative estimate of drug-likeness (QED) is 0.378. The standard InChI is InChI=1S/C25H25ClN2O5S/c1-5-32-25(31)21-14(2)16(4)34-24(21)28-23(30)17-10-12-18(13-11-17)33-15(3)22(29)27-20-9-7-6-8-19(20)26/h6-13,15H,5H2,1-4H3,(H,27,29)(H,28,30)/t15-/m0/s1. The van der Waals surface area contributed by atoms with Crippen LogP contribution in [0.1, 0.15) is 45.0 Å². The van der Waals surface area contributed by atoms with Gasteiger partial charge < -0.3 is 20.1 Å². The summed E-state index contributed by atoms with van der Waals surface area (Å²) in [6.45, 7) is 7.30. The van der Waals surface area contributed by atoms with Crippen molar-refractivity contribution in [2.45, 2.75) is 33.8 Å². The van der Waals surface area contributed by atoms with Crippen LogP contribution in [0.25, 0.3) is 0 Å². The van der Waals surface area contributed by atoms with E-state index in [2.05, 4.69) is 10.6 Å². The number of carbonyl (C=O) groups excluding carboxylic acids is 3. The number of hydrogen-bond acceptors (Lipinski definition) is 6. The topological polar surface area (TPSA) is 93.7 Å². The van der Waals surface area contributed by atoms with Crippen LogP contribution in [0.3, 0.4) is 0 Å². The number of nitrogens with one attached hydrogen (secondary N) is 2. The number of anilines is 2. The molecule has 0 aliphatic heterocycles. The highest BCUT2D eigenvalue weighted by atomic mass is 35.5. The average Bonchev–Trinajstić information content (AvgIpc) is 3.08. The maximum atomic E-state index is 12.8. The van der Waals surface area contributed by atoms with Crippen LogP contribution >= 0.6 is 22.9 Å². The SMILES string of the molecule is CCOC(=O)c1c(NC(=O)c2ccc(O[C@@H](C)C(=O)Nc3ccccc3Cl)cc2)sc(C)c1C. The molecule has 2 amide bonds. The van der Waals surface area contributed by atoms with Gasteiger partial charge in [0.2, 0.25) is 0 Å². The van der Waals surface area contributed by atoms with Crippen LogP contribution in [-0.2, 0) is 9.53 Å². The van der Waals surface area contributed by atoms with Gasteiger partial charge in [0.25, 0.3) is 11.8 Å². The molecule has 0 spiro atoms. The molecule has 2 N–H and O–H groups in total. The van der Waals surface area contributed by atoms with E-state index >= 15 is 0 Å². The second kappa shape index (κ2) is 11.2. The fourth-order valence-electron chi connectivity index (χ4n) is 3.08. The number of amides is 2. The van der Waals surface area contributed by atoms with Crippen molar-refractivity contribution >= 4 is 51.4 Å². The van der Waals surface area contributed by atoms with Crippen LogP contribution in [0.4, 0.5) is 10.7 Å². The van der Waals surface area contributed by atoms with Crippen molar-refractivity contribution in [3.63, 3.8) is 0 Å². The first kappa shape index (κ1) is 25.3. The summed E-state index contributed by atoms with van der Waals surface area (Å²) in [7, 11) is 0. The van der Waals surface area contributed by atoms with E-state index in [9.17, 15) is 14.4 Å². The highest BCUT2D eigenvalue weighted by Gasteiger charge is 2.22. The Morgan fingerprint density at radius 1 is 1.03 bits per heavy atom. The number of benzene rings is 2. The van der Waals surface area contributed by atoms with E-state index in [1.54, 1.807) is 62.4 Å². The molecule has 0 bridgehead atoms. The Hall–Kier alpha value is -3.36. The Morgan fingerprint density at radius 2 is 1.71 bits per heavy atom. The highest BCUT2D eigenvalue weighted by molar-refractivity contribution is 7.16. The number of hydrogen-bond donors (Lipinski definition) is 2. The smallest absolute Gasteiger partial charge is 0.341 e. The molecule has 7 nitrogen and oxygen atoms in total. The lowest BCUT2D eigenvalue weighted by atomic mass is 10.1. The van der Waals surface area contributed by atoms with Crippen LogP contribution in [0.2, 0.25) is 5.02 Å². The van der Waals surface area contributed by atoms with Crippen molar-refractivity contribution in [1.82, 2.24) is 0 Å². The van der Waals surface area contributed by atoms with Crippen molar-refractivity contribution in [2.24, 2.45) is 0 Å². The van der Waals surface area contributed by atoms with Gasteiger partial charge in [0, 0.05) is 10.4 Å². The van der Waals surface area contributed by atoms with Crippen LogP contribution < -0.4 is 15.4 Å². The third-order valence-corrected chi connectivity index (χ3v) is 6.47. The van der Waals surface area contributed by atoms with Gasteiger partial charge in [-0.2, -0.15) is 0 Å². The van der Waals surface area contributed by atoms with E-state index in [1.165, 1.54) is 11.3 Å². The van der Waals surface area contributed by atoms with Crippen molar-refractivity contribution in [3.8, 4) is 5.75 Å². The van der Waals surface area contributed by atoms with E-state index in [1.807, 2.05) is 13.8 Å². The van der Waals surface area contributed by atoms with Crippen LogP contribution in [0.5, 0.6) is 5.75 Å². The number of thiophene rings is 1. The highest BCUT2D eigenvalue weighted by Crippen LogP contribution is 2.33. The second-order valence-electron chi connectivity index (χ2n) is 7.42. The zero-order valence-corrected chi connectivity index (χ0v) is 20.8. The summed E-state index contributed by atoms with van der Waals surface area (Å²) >= 11 is 7.40. The Balaban J connectivity index is 1.65. The van der Waals surface area contributed by atoms with Gasteiger partial charge in [-0.05, 0) is 69.7 Å². The third kappa shape index (κ3) is 5.95. The van der Waals surface area contributed by atoms with E-state index in [0.29, 0.717) is 32.6 Å². The molecule has 1 atom stereocenters. The fourth-order valence-corrected chi connectivity index (χ4v) is 4.31. The van der Waals surface area contributed by atoms with E-state index < -0.39 is 12.1 Å². The fraction of sp³-hybridized carbons (Fsp3) is 0.240. The molecule has 0 aliphatic rings. The molecule has 0 unspecified atom stereocenters. The predicted molar refractivity (Wildman–Crippen MR) is 134 cm³/mol. The molecule has 0 saturated carbocycles. The summed E-state index contributed by atoms with van der Waals surface area (Å²) < 4.78 is 10.8. The maximum Gasteiger partial charge on any atom is 0.341 e. The Morgan fingerprint density at radius 3 is 2.35 bits per heavy atom. The first-order valence-electron chi connectivity index (χ1n) is 10.6. The third-order valence-electron chi connectivity index (χ3n) is 5.02. The molecule has 2 aromatic carbocycles. The van der Waals surface area contributed by atoms with Crippen molar-refractivity contribution in [3.05, 3.63) is 75.1 Å². The normalized spacial score (nSPS) is 11.4. The summed E-state index contributed by atoms with van der Waals surface area (Å²) in [4.78, 5) is 38.4. The van der Waals surface area contributed by atoms with E-state index in [4.69, 9.17) is 21.1 Å². The molecule has 9 heteroatoms. The molecule has 0 radical (unpaired) electrons. The first-order valence-corrected chi connectivity index (χ1v) is 11.8. The van der Waals surface area contributed by atoms with Gasteiger partial charge >= 0.3 is 5.97 Å². The van der Waals surface area contributed by atoms with E-state index in [-0.39, 0.29) is 18.4 Å². The summed E-state index contributed by atoms with van der Waals surface area (Å²) in [5.74, 6) is -0.770. The predicted octanol–water partition coefficient (Wildman–Crippen LogP) is 5.85. The van der Waals surface area contributed by atoms with Gasteiger partial charge in [-0.3, -0.25) is 9.59 Å². The molecule has 0 saturated heterocycles. The minimum Gasteiger partial charge on any atom is -0.481 e. The summed E-state index contributed by atoms with van der Waals surface area (Å²) in [5, 5.41) is 6.40. The first-order chi connectivity index (χ1) is 16.2. The lowest BCUT2D eigenvalue weighted by Crippen LogP contribution is -2.30. The molecule has 3 aromatic rings. The summed E-state index contributed by atoms with van der Waals surface area (Å²) in [5.41, 5.74) is 2.03. The monoisotopic (exact) mass is 500 g/mol. The summed E-state index contributed by atoms with van der Waals surface area (Å²) in [6.07, 6.45) is -0.792. The lowest BCUT2D eigenvalue weighted by molar-refractivity contribution is -0.122. The number of aryl methyl sites for hydroxylation is 1. The number of ether oxygens (including phenoxy) is 2. The number of halogens is 1. The van der Waals surface area contributed by atoms with Crippen LogP contribution in [-0.4, -0.2) is 30.5 Å². The molecule has 1 aromatic heterocycles. The van der Waals surface area contributed by atoms with Gasteiger partial charge in [0.1, 0.15) is 10.8 Å². The Bertz CT molecular complexity index is 1210. The van der Waals surface area contributed by atoms with Gasteiger partial charge in [-0.1, -0.05) is 23.7 Å². The zero-order valence-electron chi connectivity index (χ0n) is 19.2. The number of para-hydroxylation sites is 1. The molecule has 0 aliphatic carbocycles. The number of rotatable bonds is 8. The van der Waals surface area contributed by atoms with Gasteiger partial charge in [-0.25, -0.2) is 4.79 Å². The molecule has 3 rings (SSSR count). The van der Waals surface area contributed by atoms with Gasteiger partial charge in [-0.15, -0.1) is 11.3 Å². The average molecular weight is 501 g/mol. The molecule has 0 fully saturated rings. The molecule has 34 heavy (non-hydrogen) atoms. The Kier molecular flexibility index (Phi) is 8.31. The largest absolute Gasteiger partial charge is 0.481 e. The van der Waals surface area contributed by atoms with Crippen molar-refractivity contribution < 1.29 is 23.9 Å².